The molecule has 18 heavy (non-hydrogen) atoms. The van der Waals surface area contributed by atoms with E-state index in [-0.39, 0.29) is 18.3 Å². The van der Waals surface area contributed by atoms with Crippen LogP contribution >= 0.6 is 11.3 Å². The Kier molecular flexibility index (Phi) is 4.28. The van der Waals surface area contributed by atoms with Crippen LogP contribution in [0.3, 0.4) is 0 Å². The molecule has 0 aliphatic heterocycles. The highest BCUT2D eigenvalue weighted by molar-refractivity contribution is 7.13. The summed E-state index contributed by atoms with van der Waals surface area (Å²) in [7, 11) is 0. The summed E-state index contributed by atoms with van der Waals surface area (Å²) in [6.07, 6.45) is 0. The second-order valence-electron chi connectivity index (χ2n) is 4.70. The van der Waals surface area contributed by atoms with Crippen LogP contribution in [0.25, 0.3) is 0 Å². The minimum absolute atomic E-state index is 0.0833. The summed E-state index contributed by atoms with van der Waals surface area (Å²) >= 11 is 1.35. The first-order chi connectivity index (χ1) is 8.27. The van der Waals surface area contributed by atoms with Crippen molar-refractivity contribution < 1.29 is 10.0 Å². The molecule has 1 aromatic heterocycles. The van der Waals surface area contributed by atoms with E-state index in [0.29, 0.717) is 4.88 Å². The van der Waals surface area contributed by atoms with E-state index in [0.717, 1.165) is 10.7 Å². The number of nitrogens with one attached hydrogen (secondary N) is 1. The molecule has 0 unspecified atom stereocenters. The molecule has 0 aromatic carbocycles. The van der Waals surface area contributed by atoms with Crippen molar-refractivity contribution in [3.05, 3.63) is 15.6 Å². The maximum Gasteiger partial charge on any atom is 0.263 e. The van der Waals surface area contributed by atoms with Gasteiger partial charge < -0.3 is 16.3 Å². The van der Waals surface area contributed by atoms with Crippen LogP contribution in [0.2, 0.25) is 0 Å². The summed E-state index contributed by atoms with van der Waals surface area (Å²) in [6.45, 7) is 7.51. The second-order valence-corrected chi connectivity index (χ2v) is 5.90. The van der Waals surface area contributed by atoms with Crippen molar-refractivity contribution in [3.8, 4) is 0 Å². The van der Waals surface area contributed by atoms with Gasteiger partial charge in [0.1, 0.15) is 10.7 Å². The Morgan fingerprint density at radius 2 is 2.17 bits per heavy atom. The molecule has 7 heteroatoms. The van der Waals surface area contributed by atoms with E-state index in [2.05, 4.69) is 15.5 Å². The molecule has 6 nitrogen and oxygen atoms in total. The lowest BCUT2D eigenvalue weighted by atomic mass is 9.92. The minimum atomic E-state index is -0.599. The zero-order valence-corrected chi connectivity index (χ0v) is 11.8. The quantitative estimate of drug-likeness (QED) is 0.332. The van der Waals surface area contributed by atoms with Gasteiger partial charge in [-0.2, -0.15) is 0 Å². The fourth-order valence-corrected chi connectivity index (χ4v) is 2.19. The first kappa shape index (κ1) is 14.4. The van der Waals surface area contributed by atoms with E-state index in [4.69, 9.17) is 10.9 Å². The summed E-state index contributed by atoms with van der Waals surface area (Å²) in [5.41, 5.74) is 5.67. The third-order valence-corrected chi connectivity index (χ3v) is 3.67. The van der Waals surface area contributed by atoms with Gasteiger partial charge in [0.15, 0.2) is 0 Å². The molecule has 0 radical (unpaired) electrons. The van der Waals surface area contributed by atoms with Gasteiger partial charge >= 0.3 is 0 Å². The van der Waals surface area contributed by atoms with Crippen LogP contribution in [0.4, 0.5) is 0 Å². The van der Waals surface area contributed by atoms with Crippen LogP contribution in [0, 0.1) is 19.3 Å². The number of carbonyl (C=O) groups is 1. The number of thiazole rings is 1. The number of oxime groups is 1. The summed E-state index contributed by atoms with van der Waals surface area (Å²) in [5, 5.41) is 15.2. The van der Waals surface area contributed by atoms with Crippen molar-refractivity contribution in [2.45, 2.75) is 27.7 Å². The maximum atomic E-state index is 12.0. The number of hydrogen-bond donors (Lipinski definition) is 3. The fourth-order valence-electron chi connectivity index (χ4n) is 1.35. The predicted molar refractivity (Wildman–Crippen MR) is 71.1 cm³/mol. The first-order valence-electron chi connectivity index (χ1n) is 5.48. The maximum absolute atomic E-state index is 12.0. The highest BCUT2D eigenvalue weighted by Crippen LogP contribution is 2.18. The van der Waals surface area contributed by atoms with Gasteiger partial charge in [0.25, 0.3) is 5.91 Å². The van der Waals surface area contributed by atoms with Crippen molar-refractivity contribution in [1.82, 2.24) is 10.3 Å². The zero-order chi connectivity index (χ0) is 13.9. The summed E-state index contributed by atoms with van der Waals surface area (Å²) in [5.74, 6) is -0.100. The lowest BCUT2D eigenvalue weighted by Crippen LogP contribution is -2.42. The molecular weight excluding hydrogens is 252 g/mol. The van der Waals surface area contributed by atoms with Crippen molar-refractivity contribution in [3.63, 3.8) is 0 Å². The monoisotopic (exact) mass is 270 g/mol. The van der Waals surface area contributed by atoms with Crippen molar-refractivity contribution in [2.24, 2.45) is 16.3 Å². The Labute approximate surface area is 110 Å². The Morgan fingerprint density at radius 3 is 2.61 bits per heavy atom. The number of nitrogens with two attached hydrogens (primary N) is 1. The average molecular weight is 270 g/mol. The van der Waals surface area contributed by atoms with E-state index in [1.54, 1.807) is 20.8 Å². The number of amidine groups is 1. The number of aryl methyl sites for hydroxylation is 2. The lowest BCUT2D eigenvalue weighted by Gasteiger charge is -2.22. The Hall–Kier alpha value is -1.63. The fraction of sp³-hybridized carbons (Fsp3) is 0.545. The van der Waals surface area contributed by atoms with Gasteiger partial charge in [-0.05, 0) is 13.8 Å². The molecule has 0 aliphatic carbocycles. The van der Waals surface area contributed by atoms with E-state index in [1.807, 2.05) is 6.92 Å². The van der Waals surface area contributed by atoms with Crippen LogP contribution in [0.5, 0.6) is 0 Å². The topological polar surface area (TPSA) is 101 Å². The molecule has 1 aromatic rings. The van der Waals surface area contributed by atoms with Crippen LogP contribution in [-0.4, -0.2) is 28.5 Å². The van der Waals surface area contributed by atoms with Gasteiger partial charge in [-0.1, -0.05) is 19.0 Å². The molecule has 0 bridgehead atoms. The van der Waals surface area contributed by atoms with E-state index in [9.17, 15) is 4.79 Å². The highest BCUT2D eigenvalue weighted by Gasteiger charge is 2.25. The van der Waals surface area contributed by atoms with Crippen LogP contribution in [0.1, 0.15) is 34.2 Å². The number of hydrogen-bond acceptors (Lipinski definition) is 5. The summed E-state index contributed by atoms with van der Waals surface area (Å²) < 4.78 is 0. The molecule has 100 valence electrons. The number of carbonyl (C=O) groups excluding carboxylic acids is 1. The molecule has 1 amide bonds. The van der Waals surface area contributed by atoms with Crippen molar-refractivity contribution in [1.29, 1.82) is 0 Å². The first-order valence-corrected chi connectivity index (χ1v) is 6.30. The second kappa shape index (κ2) is 5.34. The molecule has 0 atom stereocenters. The molecule has 0 aliphatic rings. The van der Waals surface area contributed by atoms with Gasteiger partial charge in [0.05, 0.1) is 10.7 Å². The zero-order valence-electron chi connectivity index (χ0n) is 10.9. The van der Waals surface area contributed by atoms with Gasteiger partial charge in [-0.15, -0.1) is 11.3 Å². The molecule has 1 rings (SSSR count). The highest BCUT2D eigenvalue weighted by atomic mass is 32.1. The molecule has 0 spiro atoms. The number of rotatable bonds is 4. The van der Waals surface area contributed by atoms with Gasteiger partial charge in [0.2, 0.25) is 0 Å². The molecule has 1 heterocycles. The Balaban J connectivity index is 2.70. The predicted octanol–water partition coefficient (Wildman–Crippen LogP) is 1.26. The normalized spacial score (nSPS) is 12.6. The van der Waals surface area contributed by atoms with Crippen LogP contribution in [-0.2, 0) is 0 Å². The Bertz CT molecular complexity index is 479. The smallest absolute Gasteiger partial charge is 0.263 e. The van der Waals surface area contributed by atoms with Crippen molar-refractivity contribution >= 4 is 23.1 Å². The van der Waals surface area contributed by atoms with Crippen LogP contribution < -0.4 is 11.1 Å². The van der Waals surface area contributed by atoms with Crippen molar-refractivity contribution in [2.75, 3.05) is 6.54 Å². The van der Waals surface area contributed by atoms with Crippen LogP contribution in [0.15, 0.2) is 5.16 Å². The Morgan fingerprint density at radius 1 is 1.56 bits per heavy atom. The minimum Gasteiger partial charge on any atom is -0.409 e. The molecule has 0 saturated carbocycles. The lowest BCUT2D eigenvalue weighted by molar-refractivity contribution is 0.0947. The average Bonchev–Trinajstić information content (AvgIpc) is 2.64. The largest absolute Gasteiger partial charge is 0.409 e. The number of aromatic nitrogens is 1. The standard InChI is InChI=1S/C11H18N4O2S/c1-6-8(18-7(2)14-6)9(16)13-5-11(3,4)10(12)15-17/h17H,5H2,1-4H3,(H2,12,15)(H,13,16). The molecule has 0 saturated heterocycles. The summed E-state index contributed by atoms with van der Waals surface area (Å²) in [6, 6.07) is 0. The van der Waals surface area contributed by atoms with E-state index in [1.165, 1.54) is 11.3 Å². The molecule has 4 N–H and O–H groups in total. The van der Waals surface area contributed by atoms with E-state index < -0.39 is 5.41 Å². The van der Waals surface area contributed by atoms with Gasteiger partial charge in [-0.3, -0.25) is 4.79 Å². The third-order valence-electron chi connectivity index (χ3n) is 2.60. The molecular formula is C11H18N4O2S. The number of nitrogens with zero attached hydrogens (tertiary/aromatic N) is 2. The molecule has 0 fully saturated rings. The van der Waals surface area contributed by atoms with E-state index >= 15 is 0 Å². The number of amides is 1. The summed E-state index contributed by atoms with van der Waals surface area (Å²) in [4.78, 5) is 16.7. The van der Waals surface area contributed by atoms with Gasteiger partial charge in [-0.25, -0.2) is 4.98 Å². The SMILES string of the molecule is Cc1nc(C)c(C(=O)NCC(C)(C)C(N)=NO)s1. The van der Waals surface area contributed by atoms with Gasteiger partial charge in [0, 0.05) is 12.0 Å². The third kappa shape index (κ3) is 3.19.